The molecule has 0 aliphatic heterocycles. The van der Waals surface area contributed by atoms with Crippen LogP contribution in [0, 0.1) is 10.8 Å². The van der Waals surface area contributed by atoms with Crippen LogP contribution in [0.25, 0.3) is 0 Å². The molecular weight excluding hydrogens is 324 g/mol. The predicted octanol–water partition coefficient (Wildman–Crippen LogP) is 3.21. The Morgan fingerprint density at radius 3 is 1.72 bits per heavy atom. The van der Waals surface area contributed by atoms with E-state index in [0.717, 1.165) is 6.08 Å². The lowest BCUT2D eigenvalue weighted by molar-refractivity contribution is -0.171. The highest BCUT2D eigenvalue weighted by Gasteiger charge is 2.33. The van der Waals surface area contributed by atoms with E-state index in [1.807, 2.05) is 0 Å². The summed E-state index contributed by atoms with van der Waals surface area (Å²) in [6, 6.07) is 0. The molecule has 0 saturated carbocycles. The Kier molecular flexibility index (Phi) is 8.60. The molecule has 0 radical (unpaired) electrons. The molecule has 6 heteroatoms. The highest BCUT2D eigenvalue weighted by Crippen LogP contribution is 2.22. The summed E-state index contributed by atoms with van der Waals surface area (Å²) >= 11 is 0. The molecule has 0 aromatic rings. The van der Waals surface area contributed by atoms with Crippen molar-refractivity contribution in [2.45, 2.75) is 60.7 Å². The maximum atomic E-state index is 12.2. The first-order valence-corrected chi connectivity index (χ1v) is 8.22. The Labute approximate surface area is 150 Å². The van der Waals surface area contributed by atoms with Crippen LogP contribution in [0.15, 0.2) is 24.8 Å². The number of hydrogen-bond acceptors (Lipinski definition) is 6. The van der Waals surface area contributed by atoms with Crippen molar-refractivity contribution in [3.8, 4) is 0 Å². The van der Waals surface area contributed by atoms with Crippen LogP contribution in [0.1, 0.15) is 48.5 Å². The molecule has 0 amide bonds. The van der Waals surface area contributed by atoms with Gasteiger partial charge in [0.1, 0.15) is 0 Å². The Morgan fingerprint density at radius 1 is 0.920 bits per heavy atom. The van der Waals surface area contributed by atoms with Crippen molar-refractivity contribution in [3.63, 3.8) is 0 Å². The molecule has 0 aliphatic rings. The second-order valence-electron chi connectivity index (χ2n) is 7.59. The molecule has 0 unspecified atom stereocenters. The molecule has 0 N–H and O–H groups in total. The zero-order valence-corrected chi connectivity index (χ0v) is 16.3. The van der Waals surface area contributed by atoms with Gasteiger partial charge in [0.05, 0.1) is 17.4 Å². The smallest absolute Gasteiger partial charge is 0.330 e. The SMILES string of the molecule is C=C[C@H](OC(=O)C(C)(C)C)[C@H](/C=C/C(=O)OCC)OC(=O)C(C)(C)C. The van der Waals surface area contributed by atoms with E-state index >= 15 is 0 Å². The number of esters is 3. The van der Waals surface area contributed by atoms with Gasteiger partial charge in [-0.25, -0.2) is 4.79 Å². The van der Waals surface area contributed by atoms with Crippen molar-refractivity contribution in [3.05, 3.63) is 24.8 Å². The zero-order chi connectivity index (χ0) is 19.8. The van der Waals surface area contributed by atoms with Gasteiger partial charge in [-0.3, -0.25) is 9.59 Å². The van der Waals surface area contributed by atoms with Gasteiger partial charge in [-0.2, -0.15) is 0 Å². The van der Waals surface area contributed by atoms with Gasteiger partial charge in [-0.1, -0.05) is 6.58 Å². The number of rotatable bonds is 7. The summed E-state index contributed by atoms with van der Waals surface area (Å²) in [5.74, 6) is -1.55. The van der Waals surface area contributed by atoms with E-state index in [1.54, 1.807) is 48.5 Å². The molecule has 0 aliphatic carbocycles. The van der Waals surface area contributed by atoms with Gasteiger partial charge >= 0.3 is 17.9 Å². The van der Waals surface area contributed by atoms with Crippen LogP contribution in [0.2, 0.25) is 0 Å². The molecule has 0 heterocycles. The summed E-state index contributed by atoms with van der Waals surface area (Å²) in [5.41, 5.74) is -1.49. The second-order valence-corrected chi connectivity index (χ2v) is 7.59. The minimum absolute atomic E-state index is 0.222. The van der Waals surface area contributed by atoms with E-state index in [4.69, 9.17) is 14.2 Å². The van der Waals surface area contributed by atoms with Crippen molar-refractivity contribution in [1.82, 2.24) is 0 Å². The molecular formula is C19H30O6. The summed E-state index contributed by atoms with van der Waals surface area (Å²) < 4.78 is 15.6. The maximum absolute atomic E-state index is 12.2. The third-order valence-electron chi connectivity index (χ3n) is 2.98. The average Bonchev–Trinajstić information content (AvgIpc) is 2.47. The summed E-state index contributed by atoms with van der Waals surface area (Å²) in [5, 5.41) is 0. The fraction of sp³-hybridized carbons (Fsp3) is 0.632. The number of ether oxygens (including phenoxy) is 3. The van der Waals surface area contributed by atoms with Crippen LogP contribution in [0.5, 0.6) is 0 Å². The van der Waals surface area contributed by atoms with E-state index in [-0.39, 0.29) is 6.61 Å². The number of carbonyl (C=O) groups is 3. The van der Waals surface area contributed by atoms with E-state index in [9.17, 15) is 14.4 Å². The summed E-state index contributed by atoms with van der Waals surface area (Å²) in [6.07, 6.45) is 1.93. The average molecular weight is 354 g/mol. The number of carbonyl (C=O) groups excluding carboxylic acids is 3. The summed E-state index contributed by atoms with van der Waals surface area (Å²) in [7, 11) is 0. The van der Waals surface area contributed by atoms with Gasteiger partial charge in [-0.05, 0) is 60.6 Å². The number of hydrogen-bond donors (Lipinski definition) is 0. The van der Waals surface area contributed by atoms with Gasteiger partial charge in [-0.15, -0.1) is 0 Å². The molecule has 0 rings (SSSR count). The van der Waals surface area contributed by atoms with E-state index < -0.39 is 40.9 Å². The van der Waals surface area contributed by atoms with Crippen molar-refractivity contribution in [2.24, 2.45) is 10.8 Å². The second kappa shape index (κ2) is 9.39. The fourth-order valence-electron chi connectivity index (χ4n) is 1.43. The Morgan fingerprint density at radius 2 is 1.36 bits per heavy atom. The standard InChI is InChI=1S/C19H30O6/c1-9-13(24-16(21)18(3,4)5)14(11-12-15(20)23-10-2)25-17(22)19(6,7)8/h9,11-14H,1,10H2,2-8H3/b12-11+/t13-,14-/m0/s1. The Hall–Kier alpha value is -2.11. The molecule has 25 heavy (non-hydrogen) atoms. The maximum Gasteiger partial charge on any atom is 0.330 e. The lowest BCUT2D eigenvalue weighted by Crippen LogP contribution is -2.38. The van der Waals surface area contributed by atoms with Crippen molar-refractivity contribution >= 4 is 17.9 Å². The predicted molar refractivity (Wildman–Crippen MR) is 94.6 cm³/mol. The summed E-state index contributed by atoms with van der Waals surface area (Å²) in [4.78, 5) is 35.9. The topological polar surface area (TPSA) is 78.9 Å². The van der Waals surface area contributed by atoms with Crippen molar-refractivity contribution < 1.29 is 28.6 Å². The zero-order valence-electron chi connectivity index (χ0n) is 16.3. The molecule has 0 bridgehead atoms. The Balaban J connectivity index is 5.44. The van der Waals surface area contributed by atoms with Gasteiger partial charge in [0.15, 0.2) is 12.2 Å². The third kappa shape index (κ3) is 8.52. The van der Waals surface area contributed by atoms with Crippen LogP contribution >= 0.6 is 0 Å². The molecule has 0 saturated heterocycles. The molecule has 0 aromatic carbocycles. The van der Waals surface area contributed by atoms with Crippen molar-refractivity contribution in [1.29, 1.82) is 0 Å². The molecule has 0 fully saturated rings. The van der Waals surface area contributed by atoms with Crippen LogP contribution < -0.4 is 0 Å². The molecule has 142 valence electrons. The van der Waals surface area contributed by atoms with Gasteiger partial charge < -0.3 is 14.2 Å². The van der Waals surface area contributed by atoms with E-state index in [0.29, 0.717) is 0 Å². The van der Waals surface area contributed by atoms with Gasteiger partial charge in [0, 0.05) is 6.08 Å². The summed E-state index contributed by atoms with van der Waals surface area (Å²) in [6.45, 7) is 15.8. The third-order valence-corrected chi connectivity index (χ3v) is 2.98. The first kappa shape index (κ1) is 22.9. The largest absolute Gasteiger partial charge is 0.463 e. The highest BCUT2D eigenvalue weighted by atomic mass is 16.6. The van der Waals surface area contributed by atoms with Crippen molar-refractivity contribution in [2.75, 3.05) is 6.61 Å². The lowest BCUT2D eigenvalue weighted by atomic mass is 9.96. The lowest BCUT2D eigenvalue weighted by Gasteiger charge is -2.28. The fourth-order valence-corrected chi connectivity index (χ4v) is 1.43. The molecule has 2 atom stereocenters. The first-order chi connectivity index (χ1) is 11.3. The monoisotopic (exact) mass is 354 g/mol. The highest BCUT2D eigenvalue weighted by molar-refractivity contribution is 5.82. The minimum Gasteiger partial charge on any atom is -0.463 e. The van der Waals surface area contributed by atoms with Crippen LogP contribution in [0.3, 0.4) is 0 Å². The van der Waals surface area contributed by atoms with Crippen LogP contribution in [0.4, 0.5) is 0 Å². The van der Waals surface area contributed by atoms with Crippen LogP contribution in [-0.2, 0) is 28.6 Å². The van der Waals surface area contributed by atoms with E-state index in [1.165, 1.54) is 12.2 Å². The van der Waals surface area contributed by atoms with Crippen LogP contribution in [-0.4, -0.2) is 36.7 Å². The first-order valence-electron chi connectivity index (χ1n) is 8.22. The quantitative estimate of drug-likeness (QED) is 0.302. The van der Waals surface area contributed by atoms with E-state index in [2.05, 4.69) is 6.58 Å². The normalized spacial score (nSPS) is 14.5. The molecule has 6 nitrogen and oxygen atoms in total. The van der Waals surface area contributed by atoms with Gasteiger partial charge in [0.2, 0.25) is 0 Å². The Bertz CT molecular complexity index is 519. The molecule has 0 aromatic heterocycles. The molecule has 0 spiro atoms. The minimum atomic E-state index is -0.986. The van der Waals surface area contributed by atoms with Gasteiger partial charge in [0.25, 0.3) is 0 Å².